The molecule has 0 saturated carbocycles. The van der Waals surface area contributed by atoms with Gasteiger partial charge in [-0.3, -0.25) is 9.36 Å². The fourth-order valence-electron chi connectivity index (χ4n) is 1.94. The summed E-state index contributed by atoms with van der Waals surface area (Å²) < 4.78 is 6.84. The van der Waals surface area contributed by atoms with Gasteiger partial charge in [0.1, 0.15) is 5.75 Å². The highest BCUT2D eigenvalue weighted by molar-refractivity contribution is 7.07. The Balaban J connectivity index is 2.44. The third-order valence-electron chi connectivity index (χ3n) is 3.06. The topological polar surface area (TPSA) is 68.5 Å². The molecule has 1 heterocycles. The van der Waals surface area contributed by atoms with Crippen molar-refractivity contribution < 1.29 is 14.6 Å². The Bertz CT molecular complexity index is 742. The van der Waals surface area contributed by atoms with E-state index in [1.807, 2.05) is 13.0 Å². The van der Waals surface area contributed by atoms with Crippen LogP contribution >= 0.6 is 11.3 Å². The first-order valence-corrected chi connectivity index (χ1v) is 7.12. The minimum atomic E-state index is -1.01. The minimum Gasteiger partial charge on any atom is -0.497 e. The van der Waals surface area contributed by atoms with Crippen molar-refractivity contribution in [2.45, 2.75) is 13.5 Å². The van der Waals surface area contributed by atoms with E-state index in [0.29, 0.717) is 12.3 Å². The minimum absolute atomic E-state index is 0.0384. The number of hydrogen-bond acceptors (Lipinski definition) is 4. The maximum absolute atomic E-state index is 11.8. The molecule has 6 heteroatoms. The van der Waals surface area contributed by atoms with E-state index in [0.717, 1.165) is 34.2 Å². The Morgan fingerprint density at radius 2 is 2.24 bits per heavy atom. The van der Waals surface area contributed by atoms with Gasteiger partial charge in [-0.15, -0.1) is 0 Å². The summed E-state index contributed by atoms with van der Waals surface area (Å²) in [6.07, 6.45) is 2.60. The van der Waals surface area contributed by atoms with Gasteiger partial charge < -0.3 is 9.84 Å². The van der Waals surface area contributed by atoms with Crippen LogP contribution in [-0.2, 0) is 11.3 Å². The van der Waals surface area contributed by atoms with Crippen LogP contribution in [0.3, 0.4) is 0 Å². The van der Waals surface area contributed by atoms with Crippen LogP contribution in [0.15, 0.2) is 34.4 Å². The van der Waals surface area contributed by atoms with Crippen molar-refractivity contribution >= 4 is 23.4 Å². The van der Waals surface area contributed by atoms with E-state index in [9.17, 15) is 9.59 Å². The molecule has 0 fully saturated rings. The van der Waals surface area contributed by atoms with Crippen LogP contribution in [0.5, 0.6) is 5.75 Å². The molecule has 1 aromatic heterocycles. The smallest absolute Gasteiger partial charge is 0.328 e. The molecule has 1 aromatic carbocycles. The molecule has 2 rings (SSSR count). The fraction of sp³-hybridized carbons (Fsp3) is 0.200. The molecule has 110 valence electrons. The number of methoxy groups -OCH3 is 1. The van der Waals surface area contributed by atoms with Gasteiger partial charge in [-0.05, 0) is 36.3 Å². The molecule has 0 spiro atoms. The van der Waals surface area contributed by atoms with Crippen LogP contribution in [0.4, 0.5) is 0 Å². The first-order chi connectivity index (χ1) is 10.0. The summed E-state index contributed by atoms with van der Waals surface area (Å²) >= 11 is 1.15. The van der Waals surface area contributed by atoms with Crippen molar-refractivity contribution in [3.8, 4) is 5.75 Å². The van der Waals surface area contributed by atoms with Gasteiger partial charge >= 0.3 is 10.8 Å². The Morgan fingerprint density at radius 3 is 2.81 bits per heavy atom. The molecule has 0 radical (unpaired) electrons. The number of rotatable bonds is 5. The number of carbonyl (C=O) groups is 1. The second-order valence-corrected chi connectivity index (χ2v) is 5.29. The van der Waals surface area contributed by atoms with E-state index in [4.69, 9.17) is 9.84 Å². The molecule has 1 N–H and O–H groups in total. The van der Waals surface area contributed by atoms with E-state index in [-0.39, 0.29) is 4.87 Å². The molecule has 0 aliphatic carbocycles. The predicted molar refractivity (Wildman–Crippen MR) is 82.1 cm³/mol. The van der Waals surface area contributed by atoms with Crippen molar-refractivity contribution in [1.29, 1.82) is 0 Å². The van der Waals surface area contributed by atoms with Gasteiger partial charge in [0.25, 0.3) is 0 Å². The molecule has 0 bridgehead atoms. The van der Waals surface area contributed by atoms with Crippen molar-refractivity contribution in [2.24, 2.45) is 0 Å². The molecule has 0 atom stereocenters. The first kappa shape index (κ1) is 15.1. The van der Waals surface area contributed by atoms with Crippen molar-refractivity contribution in [3.05, 3.63) is 56.1 Å². The highest BCUT2D eigenvalue weighted by atomic mass is 32.1. The van der Waals surface area contributed by atoms with Gasteiger partial charge in [-0.25, -0.2) is 4.79 Å². The Labute approximate surface area is 125 Å². The van der Waals surface area contributed by atoms with Gasteiger partial charge in [0.15, 0.2) is 0 Å². The molecular formula is C15H15NO4S. The SMILES string of the molecule is COc1ccc(C=CC(=O)O)c(Cn2c(C)csc2=O)c1. The largest absolute Gasteiger partial charge is 0.497 e. The summed E-state index contributed by atoms with van der Waals surface area (Å²) in [6, 6.07) is 5.35. The maximum Gasteiger partial charge on any atom is 0.328 e. The molecule has 0 aliphatic heterocycles. The summed E-state index contributed by atoms with van der Waals surface area (Å²) in [5.74, 6) is -0.348. The average Bonchev–Trinajstić information content (AvgIpc) is 2.77. The number of aliphatic carboxylic acids is 1. The Hall–Kier alpha value is -2.34. The molecule has 21 heavy (non-hydrogen) atoms. The lowest BCUT2D eigenvalue weighted by molar-refractivity contribution is -0.131. The number of nitrogens with zero attached hydrogens (tertiary/aromatic N) is 1. The van der Waals surface area contributed by atoms with Crippen LogP contribution in [0.1, 0.15) is 16.8 Å². The van der Waals surface area contributed by atoms with E-state index >= 15 is 0 Å². The average molecular weight is 305 g/mol. The lowest BCUT2D eigenvalue weighted by Gasteiger charge is -2.10. The second kappa shape index (κ2) is 6.41. The number of aromatic nitrogens is 1. The maximum atomic E-state index is 11.8. The fourth-order valence-corrected chi connectivity index (χ4v) is 2.67. The van der Waals surface area contributed by atoms with E-state index in [1.165, 1.54) is 6.08 Å². The van der Waals surface area contributed by atoms with Crippen LogP contribution in [-0.4, -0.2) is 22.8 Å². The van der Waals surface area contributed by atoms with Crippen LogP contribution in [0.2, 0.25) is 0 Å². The lowest BCUT2D eigenvalue weighted by Crippen LogP contribution is -2.16. The number of thiazole rings is 1. The summed E-state index contributed by atoms with van der Waals surface area (Å²) in [6.45, 7) is 2.25. The van der Waals surface area contributed by atoms with Crippen molar-refractivity contribution in [3.63, 3.8) is 0 Å². The molecule has 0 unspecified atom stereocenters. The molecule has 0 aliphatic rings. The quantitative estimate of drug-likeness (QED) is 0.861. The van der Waals surface area contributed by atoms with Crippen LogP contribution < -0.4 is 9.61 Å². The predicted octanol–water partition coefficient (Wildman–Crippen LogP) is 2.37. The lowest BCUT2D eigenvalue weighted by atomic mass is 10.1. The van der Waals surface area contributed by atoms with Gasteiger partial charge in [-0.2, -0.15) is 0 Å². The summed E-state index contributed by atoms with van der Waals surface area (Å²) in [5, 5.41) is 10.5. The number of carboxylic acids is 1. The van der Waals surface area contributed by atoms with E-state index in [2.05, 4.69) is 0 Å². The number of hydrogen-bond donors (Lipinski definition) is 1. The molecule has 5 nitrogen and oxygen atoms in total. The zero-order valence-corrected chi connectivity index (χ0v) is 12.5. The standard InChI is InChI=1S/C15H15NO4S/c1-10-9-21-15(19)16(10)8-12-7-13(20-2)5-3-11(12)4-6-14(17)18/h3-7,9H,8H2,1-2H3,(H,17,18). The zero-order chi connectivity index (χ0) is 15.4. The van der Waals surface area contributed by atoms with Gasteiger partial charge in [0.2, 0.25) is 0 Å². The molecule has 0 amide bonds. The summed E-state index contributed by atoms with van der Waals surface area (Å²) in [7, 11) is 1.56. The van der Waals surface area contributed by atoms with Gasteiger partial charge in [0.05, 0.1) is 13.7 Å². The third-order valence-corrected chi connectivity index (χ3v) is 3.94. The van der Waals surface area contributed by atoms with Crippen molar-refractivity contribution in [1.82, 2.24) is 4.57 Å². The Morgan fingerprint density at radius 1 is 1.48 bits per heavy atom. The monoisotopic (exact) mass is 305 g/mol. The highest BCUT2D eigenvalue weighted by Gasteiger charge is 2.08. The highest BCUT2D eigenvalue weighted by Crippen LogP contribution is 2.20. The number of ether oxygens (including phenoxy) is 1. The first-order valence-electron chi connectivity index (χ1n) is 6.24. The van der Waals surface area contributed by atoms with Gasteiger partial charge in [0, 0.05) is 17.2 Å². The van der Waals surface area contributed by atoms with Crippen molar-refractivity contribution in [2.75, 3.05) is 7.11 Å². The second-order valence-electron chi connectivity index (χ2n) is 4.47. The number of benzene rings is 1. The van der Waals surface area contributed by atoms with Crippen LogP contribution in [0, 0.1) is 6.92 Å². The summed E-state index contributed by atoms with van der Waals surface area (Å²) in [5.41, 5.74) is 2.45. The summed E-state index contributed by atoms with van der Waals surface area (Å²) in [4.78, 5) is 22.4. The Kier molecular flexibility index (Phi) is 4.59. The zero-order valence-electron chi connectivity index (χ0n) is 11.7. The van der Waals surface area contributed by atoms with Gasteiger partial charge in [-0.1, -0.05) is 17.4 Å². The van der Waals surface area contributed by atoms with E-state index in [1.54, 1.807) is 29.2 Å². The molecule has 2 aromatic rings. The molecular weight excluding hydrogens is 290 g/mol. The number of aryl methyl sites for hydroxylation is 1. The van der Waals surface area contributed by atoms with E-state index < -0.39 is 5.97 Å². The van der Waals surface area contributed by atoms with Crippen LogP contribution in [0.25, 0.3) is 6.08 Å². The third kappa shape index (κ3) is 3.61. The molecule has 0 saturated heterocycles. The normalized spacial score (nSPS) is 11.0. The number of carboxylic acid groups (broad SMARTS) is 1.